The quantitative estimate of drug-likeness (QED) is 0.754. The van der Waals surface area contributed by atoms with E-state index in [-0.39, 0.29) is 18.6 Å². The maximum Gasteiger partial charge on any atom is 0.222 e. The third-order valence-corrected chi connectivity index (χ3v) is 3.33. The Labute approximate surface area is 98.7 Å². The number of hydrogen-bond donors (Lipinski definition) is 2. The van der Waals surface area contributed by atoms with Crippen LogP contribution in [0.5, 0.6) is 0 Å². The summed E-state index contributed by atoms with van der Waals surface area (Å²) in [6, 6.07) is 0.170. The lowest BCUT2D eigenvalue weighted by atomic mass is 10.1. The second kappa shape index (κ2) is 4.39. The number of amides is 1. The molecule has 1 saturated heterocycles. The molecule has 1 aliphatic heterocycles. The number of H-pyrrole nitrogens is 1. The van der Waals surface area contributed by atoms with Crippen molar-refractivity contribution in [2.24, 2.45) is 0 Å². The Kier molecular flexibility index (Phi) is 3.11. The van der Waals surface area contributed by atoms with Crippen molar-refractivity contribution in [3.63, 3.8) is 0 Å². The minimum atomic E-state index is -0.0404. The topological polar surface area (TPSA) is 61.3 Å². The molecule has 2 rings (SSSR count). The Morgan fingerprint density at radius 2 is 2.44 bits per heavy atom. The molecule has 2 N–H and O–H groups in total. The fourth-order valence-corrected chi connectivity index (χ4v) is 2.46. The number of aromatic amines is 1. The van der Waals surface area contributed by atoms with Gasteiger partial charge in [-0.2, -0.15) is 0 Å². The van der Waals surface area contributed by atoms with Crippen LogP contribution >= 0.6 is 12.2 Å². The second-order valence-electron chi connectivity index (χ2n) is 4.08. The number of carbonyl (C=O) groups is 1. The Bertz CT molecular complexity index is 451. The van der Waals surface area contributed by atoms with Crippen molar-refractivity contribution in [1.82, 2.24) is 14.5 Å². The summed E-state index contributed by atoms with van der Waals surface area (Å²) in [6.07, 6.45) is 3.04. The maximum absolute atomic E-state index is 11.4. The monoisotopic (exact) mass is 241 g/mol. The van der Waals surface area contributed by atoms with Gasteiger partial charge in [-0.1, -0.05) is 0 Å². The number of piperidine rings is 1. The molecule has 16 heavy (non-hydrogen) atoms. The number of nitrogens with one attached hydrogen (secondary N) is 1. The van der Waals surface area contributed by atoms with Crippen molar-refractivity contribution in [3.8, 4) is 0 Å². The number of aromatic nitrogens is 2. The predicted octanol–water partition coefficient (Wildman–Crippen LogP) is 0.831. The first-order valence-electron chi connectivity index (χ1n) is 5.27. The van der Waals surface area contributed by atoms with Gasteiger partial charge in [0.15, 0.2) is 4.77 Å². The smallest absolute Gasteiger partial charge is 0.222 e. The number of likely N-dealkylation sites (N-methyl/N-ethyl adjacent to an activating group) is 1. The summed E-state index contributed by atoms with van der Waals surface area (Å²) in [5, 5.41) is 9.21. The van der Waals surface area contributed by atoms with E-state index in [1.807, 2.05) is 4.57 Å². The SMILES string of the molecule is CN1CC(n2c(CO)c[nH]c2=S)CCC1=O. The molecule has 0 bridgehead atoms. The first kappa shape index (κ1) is 11.3. The van der Waals surface area contributed by atoms with Gasteiger partial charge in [0.1, 0.15) is 0 Å². The fourth-order valence-electron chi connectivity index (χ4n) is 2.14. The van der Waals surface area contributed by atoms with Crippen LogP contribution in [0, 0.1) is 4.77 Å². The number of carbonyl (C=O) groups excluding carboxylic acids is 1. The minimum Gasteiger partial charge on any atom is -0.390 e. The van der Waals surface area contributed by atoms with Crippen molar-refractivity contribution >= 4 is 18.1 Å². The molecule has 0 saturated carbocycles. The average molecular weight is 241 g/mol. The van der Waals surface area contributed by atoms with Gasteiger partial charge in [-0.3, -0.25) is 4.79 Å². The predicted molar refractivity (Wildman–Crippen MR) is 61.4 cm³/mol. The van der Waals surface area contributed by atoms with E-state index in [1.54, 1.807) is 18.1 Å². The van der Waals surface area contributed by atoms with Crippen LogP contribution in [0.1, 0.15) is 24.6 Å². The third-order valence-electron chi connectivity index (χ3n) is 3.02. The standard InChI is InChI=1S/C10H15N3O2S/c1-12-5-7(2-3-9(12)15)13-8(6-14)4-11-10(13)16/h4,7,14H,2-3,5-6H2,1H3,(H,11,16). The molecule has 0 aliphatic carbocycles. The van der Waals surface area contributed by atoms with Crippen LogP contribution in [0.25, 0.3) is 0 Å². The van der Waals surface area contributed by atoms with Crippen molar-refractivity contribution in [2.45, 2.75) is 25.5 Å². The van der Waals surface area contributed by atoms with Crippen LogP contribution in [-0.2, 0) is 11.4 Å². The zero-order chi connectivity index (χ0) is 11.7. The highest BCUT2D eigenvalue weighted by Crippen LogP contribution is 2.23. The van der Waals surface area contributed by atoms with Crippen LogP contribution in [0.2, 0.25) is 0 Å². The molecule has 1 fully saturated rings. The molecule has 1 aromatic rings. The van der Waals surface area contributed by atoms with Crippen molar-refractivity contribution in [3.05, 3.63) is 16.7 Å². The van der Waals surface area contributed by atoms with E-state index in [2.05, 4.69) is 4.98 Å². The molecule has 0 aromatic carbocycles. The first-order chi connectivity index (χ1) is 7.63. The normalized spacial score (nSPS) is 21.5. The summed E-state index contributed by atoms with van der Waals surface area (Å²) in [5.74, 6) is 0.170. The number of likely N-dealkylation sites (tertiary alicyclic amines) is 1. The molecular formula is C10H15N3O2S. The van der Waals surface area contributed by atoms with Crippen LogP contribution in [0.4, 0.5) is 0 Å². The second-order valence-corrected chi connectivity index (χ2v) is 4.47. The number of aliphatic hydroxyl groups excluding tert-OH is 1. The van der Waals surface area contributed by atoms with E-state index >= 15 is 0 Å². The third kappa shape index (κ3) is 1.90. The summed E-state index contributed by atoms with van der Waals surface area (Å²) in [7, 11) is 1.80. The summed E-state index contributed by atoms with van der Waals surface area (Å²) >= 11 is 5.18. The summed E-state index contributed by atoms with van der Waals surface area (Å²) in [6.45, 7) is 0.610. The fraction of sp³-hybridized carbons (Fsp3) is 0.600. The maximum atomic E-state index is 11.4. The zero-order valence-corrected chi connectivity index (χ0v) is 9.96. The van der Waals surface area contributed by atoms with Gasteiger partial charge in [0, 0.05) is 26.2 Å². The van der Waals surface area contributed by atoms with Gasteiger partial charge in [0.2, 0.25) is 5.91 Å². The highest BCUT2D eigenvalue weighted by atomic mass is 32.1. The van der Waals surface area contributed by atoms with E-state index in [9.17, 15) is 9.90 Å². The molecule has 5 nitrogen and oxygen atoms in total. The Morgan fingerprint density at radius 3 is 3.06 bits per heavy atom. The minimum absolute atomic E-state index is 0.0404. The molecule has 6 heteroatoms. The average Bonchev–Trinajstić information content (AvgIpc) is 2.64. The van der Waals surface area contributed by atoms with Crippen LogP contribution in [0.15, 0.2) is 6.20 Å². The molecular weight excluding hydrogens is 226 g/mol. The van der Waals surface area contributed by atoms with Gasteiger partial charge in [0.25, 0.3) is 0 Å². The van der Waals surface area contributed by atoms with E-state index in [4.69, 9.17) is 12.2 Å². The molecule has 2 heterocycles. The highest BCUT2D eigenvalue weighted by Gasteiger charge is 2.25. The Balaban J connectivity index is 2.27. The molecule has 0 spiro atoms. The van der Waals surface area contributed by atoms with Gasteiger partial charge in [0.05, 0.1) is 18.3 Å². The van der Waals surface area contributed by atoms with E-state index in [1.165, 1.54) is 0 Å². The van der Waals surface area contributed by atoms with Crippen molar-refractivity contribution < 1.29 is 9.90 Å². The van der Waals surface area contributed by atoms with E-state index in [0.29, 0.717) is 17.7 Å². The summed E-state index contributed by atoms with van der Waals surface area (Å²) in [4.78, 5) is 16.0. The highest BCUT2D eigenvalue weighted by molar-refractivity contribution is 7.71. The van der Waals surface area contributed by atoms with Crippen LogP contribution < -0.4 is 0 Å². The number of rotatable bonds is 2. The number of aliphatic hydroxyl groups is 1. The molecule has 1 aliphatic rings. The molecule has 1 atom stereocenters. The van der Waals surface area contributed by atoms with E-state index < -0.39 is 0 Å². The van der Waals surface area contributed by atoms with Crippen LogP contribution in [0.3, 0.4) is 0 Å². The summed E-state index contributed by atoms with van der Waals surface area (Å²) < 4.78 is 2.52. The Morgan fingerprint density at radius 1 is 1.69 bits per heavy atom. The largest absolute Gasteiger partial charge is 0.390 e. The zero-order valence-electron chi connectivity index (χ0n) is 9.14. The molecule has 88 valence electrons. The first-order valence-corrected chi connectivity index (χ1v) is 5.68. The van der Waals surface area contributed by atoms with E-state index in [0.717, 1.165) is 12.1 Å². The van der Waals surface area contributed by atoms with Crippen molar-refractivity contribution in [2.75, 3.05) is 13.6 Å². The molecule has 1 unspecified atom stereocenters. The lowest BCUT2D eigenvalue weighted by Gasteiger charge is -2.31. The van der Waals surface area contributed by atoms with Gasteiger partial charge in [-0.05, 0) is 18.6 Å². The summed E-state index contributed by atoms with van der Waals surface area (Å²) in [5.41, 5.74) is 0.776. The van der Waals surface area contributed by atoms with Gasteiger partial charge >= 0.3 is 0 Å². The number of imidazole rings is 1. The van der Waals surface area contributed by atoms with Gasteiger partial charge in [-0.25, -0.2) is 0 Å². The number of nitrogens with zero attached hydrogens (tertiary/aromatic N) is 2. The number of hydrogen-bond acceptors (Lipinski definition) is 3. The van der Waals surface area contributed by atoms with Gasteiger partial charge in [-0.15, -0.1) is 0 Å². The molecule has 1 aromatic heterocycles. The van der Waals surface area contributed by atoms with Crippen molar-refractivity contribution in [1.29, 1.82) is 0 Å². The van der Waals surface area contributed by atoms with Crippen LogP contribution in [-0.4, -0.2) is 39.1 Å². The molecule has 1 amide bonds. The lowest BCUT2D eigenvalue weighted by Crippen LogP contribution is -2.38. The Hall–Kier alpha value is -1.14. The molecule has 0 radical (unpaired) electrons. The van der Waals surface area contributed by atoms with Gasteiger partial charge < -0.3 is 19.6 Å². The lowest BCUT2D eigenvalue weighted by molar-refractivity contribution is -0.132.